The third kappa shape index (κ3) is 5.81. The van der Waals surface area contributed by atoms with Gasteiger partial charge in [0.05, 0.1) is 12.8 Å². The maximum Gasteiger partial charge on any atom is 0.191 e. The maximum absolute atomic E-state index is 5.22. The van der Waals surface area contributed by atoms with E-state index in [1.54, 1.807) is 25.2 Å². The lowest BCUT2D eigenvalue weighted by Crippen LogP contribution is -2.37. The molecule has 0 amide bonds. The molecule has 0 aliphatic rings. The van der Waals surface area contributed by atoms with Crippen molar-refractivity contribution < 1.29 is 4.74 Å². The standard InChI is InChI=1S/C22H28N6O/c1-17(19-6-10-21(29-3)11-7-19)12-13-25-22(23-2)26-14-18-4-8-20(9-5-18)28-16-24-15-27-28/h4-11,15-17H,12-14H2,1-3H3,(H2,23,25,26). The van der Waals surface area contributed by atoms with E-state index in [9.17, 15) is 0 Å². The highest BCUT2D eigenvalue weighted by atomic mass is 16.5. The van der Waals surface area contributed by atoms with E-state index in [2.05, 4.69) is 56.9 Å². The Morgan fingerprint density at radius 2 is 1.86 bits per heavy atom. The summed E-state index contributed by atoms with van der Waals surface area (Å²) < 4.78 is 6.96. The molecule has 7 nitrogen and oxygen atoms in total. The first kappa shape index (κ1) is 20.4. The van der Waals surface area contributed by atoms with Gasteiger partial charge in [0.15, 0.2) is 5.96 Å². The van der Waals surface area contributed by atoms with Gasteiger partial charge in [-0.1, -0.05) is 31.2 Å². The van der Waals surface area contributed by atoms with Gasteiger partial charge in [-0.25, -0.2) is 9.67 Å². The van der Waals surface area contributed by atoms with Crippen LogP contribution in [0.25, 0.3) is 5.69 Å². The molecular weight excluding hydrogens is 364 g/mol. The second kappa shape index (κ2) is 10.3. The first-order valence-corrected chi connectivity index (χ1v) is 9.72. The summed E-state index contributed by atoms with van der Waals surface area (Å²) >= 11 is 0. The number of aromatic nitrogens is 3. The van der Waals surface area contributed by atoms with E-state index in [1.807, 2.05) is 24.3 Å². The lowest BCUT2D eigenvalue weighted by atomic mass is 9.98. The molecule has 2 N–H and O–H groups in total. The van der Waals surface area contributed by atoms with Crippen LogP contribution in [-0.4, -0.2) is 41.4 Å². The number of nitrogens with zero attached hydrogens (tertiary/aromatic N) is 4. The molecule has 0 radical (unpaired) electrons. The largest absolute Gasteiger partial charge is 0.497 e. The summed E-state index contributed by atoms with van der Waals surface area (Å²) in [6, 6.07) is 16.5. The number of hydrogen-bond acceptors (Lipinski definition) is 4. The Balaban J connectivity index is 1.43. The van der Waals surface area contributed by atoms with Crippen LogP contribution in [0.5, 0.6) is 5.75 Å². The normalized spacial score (nSPS) is 12.4. The first-order valence-electron chi connectivity index (χ1n) is 9.72. The number of hydrogen-bond donors (Lipinski definition) is 2. The van der Waals surface area contributed by atoms with Crippen LogP contribution in [0.2, 0.25) is 0 Å². The summed E-state index contributed by atoms with van der Waals surface area (Å²) in [6.45, 7) is 3.78. The number of guanidine groups is 1. The number of ether oxygens (including phenoxy) is 1. The number of nitrogens with one attached hydrogen (secondary N) is 2. The van der Waals surface area contributed by atoms with E-state index in [0.29, 0.717) is 12.5 Å². The van der Waals surface area contributed by atoms with Gasteiger partial charge in [0, 0.05) is 20.1 Å². The third-order valence-electron chi connectivity index (χ3n) is 4.86. The molecule has 0 aliphatic heterocycles. The van der Waals surface area contributed by atoms with Gasteiger partial charge in [-0.15, -0.1) is 0 Å². The van der Waals surface area contributed by atoms with Gasteiger partial charge in [0.25, 0.3) is 0 Å². The Labute approximate surface area is 171 Å². The number of aliphatic imine (C=N–C) groups is 1. The molecular formula is C22H28N6O. The second-order valence-corrected chi connectivity index (χ2v) is 6.82. The molecule has 1 aromatic heterocycles. The zero-order valence-corrected chi connectivity index (χ0v) is 17.2. The smallest absolute Gasteiger partial charge is 0.191 e. The van der Waals surface area contributed by atoms with Crippen LogP contribution in [0, 0.1) is 0 Å². The summed E-state index contributed by atoms with van der Waals surface area (Å²) in [5.41, 5.74) is 3.47. The molecule has 29 heavy (non-hydrogen) atoms. The van der Waals surface area contributed by atoms with Crippen molar-refractivity contribution in [3.63, 3.8) is 0 Å². The van der Waals surface area contributed by atoms with Crippen molar-refractivity contribution in [2.24, 2.45) is 4.99 Å². The summed E-state index contributed by atoms with van der Waals surface area (Å²) in [5, 5.41) is 10.9. The summed E-state index contributed by atoms with van der Waals surface area (Å²) in [6.07, 6.45) is 4.23. The minimum atomic E-state index is 0.454. The molecule has 1 atom stereocenters. The van der Waals surface area contributed by atoms with Gasteiger partial charge in [-0.2, -0.15) is 5.10 Å². The van der Waals surface area contributed by atoms with Crippen LogP contribution in [0.1, 0.15) is 30.4 Å². The molecule has 3 rings (SSSR count). The highest BCUT2D eigenvalue weighted by Crippen LogP contribution is 2.21. The Bertz CT molecular complexity index is 888. The van der Waals surface area contributed by atoms with Crippen LogP contribution in [0.4, 0.5) is 0 Å². The zero-order valence-electron chi connectivity index (χ0n) is 17.2. The van der Waals surface area contributed by atoms with Gasteiger partial charge >= 0.3 is 0 Å². The van der Waals surface area contributed by atoms with E-state index < -0.39 is 0 Å². The van der Waals surface area contributed by atoms with E-state index in [0.717, 1.165) is 30.4 Å². The van der Waals surface area contributed by atoms with E-state index >= 15 is 0 Å². The fourth-order valence-corrected chi connectivity index (χ4v) is 3.02. The molecule has 2 aromatic carbocycles. The fraction of sp³-hybridized carbons (Fsp3) is 0.318. The van der Waals surface area contributed by atoms with Crippen molar-refractivity contribution in [3.05, 3.63) is 72.3 Å². The summed E-state index contributed by atoms with van der Waals surface area (Å²) in [5.74, 6) is 2.14. The number of benzene rings is 2. The molecule has 0 fully saturated rings. The molecule has 0 spiro atoms. The lowest BCUT2D eigenvalue weighted by molar-refractivity contribution is 0.414. The Hall–Kier alpha value is -3.35. The van der Waals surface area contributed by atoms with Crippen molar-refractivity contribution in [1.82, 2.24) is 25.4 Å². The van der Waals surface area contributed by atoms with Gasteiger partial charge in [-0.05, 0) is 47.7 Å². The van der Waals surface area contributed by atoms with Crippen molar-refractivity contribution in [2.75, 3.05) is 20.7 Å². The van der Waals surface area contributed by atoms with E-state index in [4.69, 9.17) is 4.74 Å². The topological polar surface area (TPSA) is 76.4 Å². The van der Waals surface area contributed by atoms with Gasteiger partial charge < -0.3 is 15.4 Å². The van der Waals surface area contributed by atoms with Crippen LogP contribution < -0.4 is 15.4 Å². The van der Waals surface area contributed by atoms with Crippen molar-refractivity contribution in [2.45, 2.75) is 25.8 Å². The molecule has 3 aromatic rings. The average molecular weight is 393 g/mol. The van der Waals surface area contributed by atoms with Crippen molar-refractivity contribution in [3.8, 4) is 11.4 Å². The fourth-order valence-electron chi connectivity index (χ4n) is 3.02. The average Bonchev–Trinajstić information content (AvgIpc) is 3.31. The van der Waals surface area contributed by atoms with Gasteiger partial charge in [0.2, 0.25) is 0 Å². The minimum Gasteiger partial charge on any atom is -0.497 e. The Kier molecular flexibility index (Phi) is 7.22. The molecule has 0 saturated heterocycles. The molecule has 1 heterocycles. The van der Waals surface area contributed by atoms with Crippen LogP contribution in [0.15, 0.2) is 66.2 Å². The molecule has 0 aliphatic carbocycles. The van der Waals surface area contributed by atoms with Crippen LogP contribution in [0.3, 0.4) is 0 Å². The van der Waals surface area contributed by atoms with Crippen molar-refractivity contribution >= 4 is 5.96 Å². The Morgan fingerprint density at radius 1 is 1.10 bits per heavy atom. The highest BCUT2D eigenvalue weighted by Gasteiger charge is 2.06. The first-order chi connectivity index (χ1) is 14.2. The molecule has 1 unspecified atom stereocenters. The van der Waals surface area contributed by atoms with Gasteiger partial charge in [-0.3, -0.25) is 4.99 Å². The van der Waals surface area contributed by atoms with Crippen molar-refractivity contribution in [1.29, 1.82) is 0 Å². The SMILES string of the molecule is CN=C(NCCC(C)c1ccc(OC)cc1)NCc1ccc(-n2cncn2)cc1. The lowest BCUT2D eigenvalue weighted by Gasteiger charge is -2.15. The minimum absolute atomic E-state index is 0.454. The summed E-state index contributed by atoms with van der Waals surface area (Å²) in [7, 11) is 3.47. The maximum atomic E-state index is 5.22. The Morgan fingerprint density at radius 3 is 2.48 bits per heavy atom. The van der Waals surface area contributed by atoms with Crippen LogP contribution in [-0.2, 0) is 6.54 Å². The predicted molar refractivity (Wildman–Crippen MR) is 116 cm³/mol. The molecule has 0 saturated carbocycles. The van der Waals surface area contributed by atoms with E-state index in [-0.39, 0.29) is 0 Å². The molecule has 152 valence electrons. The predicted octanol–water partition coefficient (Wildman–Crippen LogP) is 3.13. The quantitative estimate of drug-likeness (QED) is 0.455. The molecule has 7 heteroatoms. The third-order valence-corrected chi connectivity index (χ3v) is 4.86. The zero-order chi connectivity index (χ0) is 20.5. The monoisotopic (exact) mass is 392 g/mol. The number of rotatable bonds is 8. The molecule has 0 bridgehead atoms. The van der Waals surface area contributed by atoms with Gasteiger partial charge in [0.1, 0.15) is 18.4 Å². The highest BCUT2D eigenvalue weighted by molar-refractivity contribution is 5.79. The second-order valence-electron chi connectivity index (χ2n) is 6.82. The van der Waals surface area contributed by atoms with E-state index in [1.165, 1.54) is 17.5 Å². The number of methoxy groups -OCH3 is 1. The van der Waals surface area contributed by atoms with Crippen LogP contribution >= 0.6 is 0 Å². The summed E-state index contributed by atoms with van der Waals surface area (Å²) in [4.78, 5) is 8.28.